The van der Waals surface area contributed by atoms with Gasteiger partial charge in [-0.15, -0.1) is 0 Å². The third kappa shape index (κ3) is 6.64. The molecule has 0 radical (unpaired) electrons. The monoisotopic (exact) mass is 472 g/mol. The molecule has 0 bridgehead atoms. The highest BCUT2D eigenvalue weighted by Gasteiger charge is 2.18. The van der Waals surface area contributed by atoms with Gasteiger partial charge < -0.3 is 24.8 Å². The first-order valence-corrected chi connectivity index (χ1v) is 11.9. The number of carbonyl (C=O) groups excluding carboxylic acids is 1. The van der Waals surface area contributed by atoms with Crippen molar-refractivity contribution in [1.29, 1.82) is 0 Å². The molecule has 1 amide bonds. The highest BCUT2D eigenvalue weighted by atomic mass is 16.5. The van der Waals surface area contributed by atoms with Crippen LogP contribution in [0.4, 0.5) is 5.69 Å². The lowest BCUT2D eigenvalue weighted by Gasteiger charge is -2.29. The normalized spacial score (nSPS) is 14.7. The Bertz CT molecular complexity index is 1180. The molecule has 6 nitrogen and oxygen atoms in total. The Kier molecular flexibility index (Phi) is 8.06. The van der Waals surface area contributed by atoms with E-state index in [1.165, 1.54) is 31.6 Å². The minimum Gasteiger partial charge on any atom is -0.504 e. The Morgan fingerprint density at radius 3 is 2.66 bits per heavy atom. The maximum absolute atomic E-state index is 12.5. The minimum absolute atomic E-state index is 0.0254. The molecule has 0 atom stereocenters. The zero-order valence-electron chi connectivity index (χ0n) is 20.2. The van der Waals surface area contributed by atoms with Gasteiger partial charge in [0.1, 0.15) is 12.4 Å². The molecule has 0 aromatic heterocycles. The summed E-state index contributed by atoms with van der Waals surface area (Å²) in [7, 11) is 3.66. The van der Waals surface area contributed by atoms with Crippen LogP contribution in [0.3, 0.4) is 0 Å². The second kappa shape index (κ2) is 11.6. The number of para-hydroxylation sites is 1. The zero-order valence-corrected chi connectivity index (χ0v) is 20.2. The van der Waals surface area contributed by atoms with E-state index in [2.05, 4.69) is 35.5 Å². The van der Waals surface area contributed by atoms with Gasteiger partial charge in [0.05, 0.1) is 7.11 Å². The van der Waals surface area contributed by atoms with Gasteiger partial charge >= 0.3 is 0 Å². The molecule has 35 heavy (non-hydrogen) atoms. The largest absolute Gasteiger partial charge is 0.504 e. The molecule has 0 saturated carbocycles. The number of nitrogens with one attached hydrogen (secondary N) is 1. The highest BCUT2D eigenvalue weighted by molar-refractivity contribution is 6.02. The van der Waals surface area contributed by atoms with Crippen molar-refractivity contribution in [2.75, 3.05) is 32.6 Å². The molecule has 1 saturated heterocycles. The van der Waals surface area contributed by atoms with Gasteiger partial charge in [-0.3, -0.25) is 4.79 Å². The third-order valence-electron chi connectivity index (χ3n) is 6.35. The van der Waals surface area contributed by atoms with E-state index in [4.69, 9.17) is 9.47 Å². The number of hydrogen-bond acceptors (Lipinski definition) is 5. The van der Waals surface area contributed by atoms with Crippen molar-refractivity contribution in [3.63, 3.8) is 0 Å². The fourth-order valence-corrected chi connectivity index (χ4v) is 4.29. The van der Waals surface area contributed by atoms with E-state index >= 15 is 0 Å². The predicted molar refractivity (Wildman–Crippen MR) is 139 cm³/mol. The molecule has 1 heterocycles. The first kappa shape index (κ1) is 24.4. The first-order chi connectivity index (χ1) is 17.0. The van der Waals surface area contributed by atoms with Crippen LogP contribution >= 0.6 is 0 Å². The molecule has 1 aliphatic heterocycles. The number of likely N-dealkylation sites (tertiary alicyclic amines) is 1. The van der Waals surface area contributed by atoms with E-state index in [1.54, 1.807) is 24.3 Å². The van der Waals surface area contributed by atoms with Crippen LogP contribution in [-0.4, -0.2) is 43.2 Å². The number of amides is 1. The van der Waals surface area contributed by atoms with Crippen molar-refractivity contribution in [2.45, 2.75) is 25.4 Å². The molecular formula is C29H32N2O4. The zero-order chi connectivity index (χ0) is 24.6. The second-order valence-electron chi connectivity index (χ2n) is 8.85. The summed E-state index contributed by atoms with van der Waals surface area (Å²) in [5.41, 5.74) is 3.61. The SMILES string of the molecule is COc1ccc(/C=C/C(=O)Nc2ccccc2COc2cccc(C3CCN(C)CC3)c2)cc1O. The molecule has 3 aromatic rings. The van der Waals surface area contributed by atoms with Gasteiger partial charge in [-0.05, 0) is 86.4 Å². The Morgan fingerprint density at radius 2 is 1.89 bits per heavy atom. The van der Waals surface area contributed by atoms with Crippen LogP contribution in [0.15, 0.2) is 72.8 Å². The molecule has 6 heteroatoms. The molecule has 0 unspecified atom stereocenters. The number of carbonyl (C=O) groups is 1. The summed E-state index contributed by atoms with van der Waals surface area (Å²) in [5, 5.41) is 12.8. The molecular weight excluding hydrogens is 440 g/mol. The number of ether oxygens (including phenoxy) is 2. The topological polar surface area (TPSA) is 71.0 Å². The summed E-state index contributed by atoms with van der Waals surface area (Å²) < 4.78 is 11.2. The lowest BCUT2D eigenvalue weighted by atomic mass is 9.89. The number of rotatable bonds is 8. The number of nitrogens with zero attached hydrogens (tertiary/aromatic N) is 1. The lowest BCUT2D eigenvalue weighted by Crippen LogP contribution is -2.29. The number of benzene rings is 3. The molecule has 4 rings (SSSR count). The summed E-state index contributed by atoms with van der Waals surface area (Å²) in [6.07, 6.45) is 5.41. The molecule has 0 aliphatic carbocycles. The molecule has 1 aliphatic rings. The summed E-state index contributed by atoms with van der Waals surface area (Å²) in [4.78, 5) is 14.9. The van der Waals surface area contributed by atoms with Gasteiger partial charge in [-0.2, -0.15) is 0 Å². The number of methoxy groups -OCH3 is 1. The number of piperidine rings is 1. The Balaban J connectivity index is 1.37. The van der Waals surface area contributed by atoms with Gasteiger partial charge in [0.15, 0.2) is 11.5 Å². The van der Waals surface area contributed by atoms with Crippen molar-refractivity contribution >= 4 is 17.7 Å². The standard InChI is InChI=1S/C29H32N2O4/c1-31-16-14-22(15-17-31)23-7-5-8-25(19-23)35-20-24-6-3-4-9-26(24)30-29(33)13-11-21-10-12-28(34-2)27(32)18-21/h3-13,18-19,22,32H,14-17,20H2,1-2H3,(H,30,33)/b13-11+. The number of phenols is 1. The minimum atomic E-state index is -0.267. The fourth-order valence-electron chi connectivity index (χ4n) is 4.29. The van der Waals surface area contributed by atoms with Crippen LogP contribution in [0.1, 0.15) is 35.4 Å². The van der Waals surface area contributed by atoms with Crippen LogP contribution in [0.2, 0.25) is 0 Å². The van der Waals surface area contributed by atoms with E-state index in [-0.39, 0.29) is 11.7 Å². The fraction of sp³-hybridized carbons (Fsp3) is 0.276. The summed E-state index contributed by atoms with van der Waals surface area (Å²) in [6.45, 7) is 2.59. The van der Waals surface area contributed by atoms with Crippen molar-refractivity contribution in [2.24, 2.45) is 0 Å². The Morgan fingerprint density at radius 1 is 1.09 bits per heavy atom. The summed E-state index contributed by atoms with van der Waals surface area (Å²) in [5.74, 6) is 1.55. The average molecular weight is 473 g/mol. The van der Waals surface area contributed by atoms with Crippen molar-refractivity contribution < 1.29 is 19.4 Å². The average Bonchev–Trinajstić information content (AvgIpc) is 2.88. The third-order valence-corrected chi connectivity index (χ3v) is 6.35. The first-order valence-electron chi connectivity index (χ1n) is 11.9. The van der Waals surface area contributed by atoms with E-state index in [0.717, 1.165) is 24.4 Å². The number of phenolic OH excluding ortho intramolecular Hbond substituents is 1. The Labute approximate surface area is 206 Å². The van der Waals surface area contributed by atoms with Gasteiger partial charge in [-0.25, -0.2) is 0 Å². The maximum Gasteiger partial charge on any atom is 0.248 e. The molecule has 3 aromatic carbocycles. The summed E-state index contributed by atoms with van der Waals surface area (Å²) in [6, 6.07) is 20.9. The van der Waals surface area contributed by atoms with Crippen LogP contribution in [0.5, 0.6) is 17.2 Å². The molecule has 0 spiro atoms. The molecule has 182 valence electrons. The predicted octanol–water partition coefficient (Wildman–Crippen LogP) is 5.44. The maximum atomic E-state index is 12.5. The van der Waals surface area contributed by atoms with Gasteiger partial charge in [0.2, 0.25) is 5.91 Å². The smallest absolute Gasteiger partial charge is 0.248 e. The van der Waals surface area contributed by atoms with Crippen LogP contribution in [0.25, 0.3) is 6.08 Å². The number of hydrogen-bond donors (Lipinski definition) is 2. The van der Waals surface area contributed by atoms with E-state index < -0.39 is 0 Å². The van der Waals surface area contributed by atoms with E-state index in [1.807, 2.05) is 30.3 Å². The van der Waals surface area contributed by atoms with Gasteiger partial charge in [0.25, 0.3) is 0 Å². The van der Waals surface area contributed by atoms with Crippen LogP contribution in [-0.2, 0) is 11.4 Å². The molecule has 2 N–H and O–H groups in total. The van der Waals surface area contributed by atoms with E-state index in [0.29, 0.717) is 29.5 Å². The Hall–Kier alpha value is -3.77. The quantitative estimate of drug-likeness (QED) is 0.427. The summed E-state index contributed by atoms with van der Waals surface area (Å²) >= 11 is 0. The van der Waals surface area contributed by atoms with E-state index in [9.17, 15) is 9.90 Å². The van der Waals surface area contributed by atoms with Crippen molar-refractivity contribution in [1.82, 2.24) is 4.90 Å². The van der Waals surface area contributed by atoms with Crippen LogP contribution < -0.4 is 14.8 Å². The lowest BCUT2D eigenvalue weighted by molar-refractivity contribution is -0.111. The number of anilines is 1. The molecule has 1 fully saturated rings. The van der Waals surface area contributed by atoms with Crippen LogP contribution in [0, 0.1) is 0 Å². The van der Waals surface area contributed by atoms with Gasteiger partial charge in [-0.1, -0.05) is 36.4 Å². The highest BCUT2D eigenvalue weighted by Crippen LogP contribution is 2.30. The van der Waals surface area contributed by atoms with Crippen molar-refractivity contribution in [3.8, 4) is 17.2 Å². The second-order valence-corrected chi connectivity index (χ2v) is 8.85. The number of aromatic hydroxyl groups is 1. The van der Waals surface area contributed by atoms with Gasteiger partial charge in [0, 0.05) is 17.3 Å². The van der Waals surface area contributed by atoms with Crippen molar-refractivity contribution in [3.05, 3.63) is 89.5 Å².